The molecule has 5 heteroatoms. The Bertz CT molecular complexity index is 246. The molecule has 0 amide bonds. The largest absolute Gasteiger partial charge is 0.480 e. The molecule has 1 N–H and O–H groups in total. The lowest BCUT2D eigenvalue weighted by Gasteiger charge is -2.36. The van der Waals surface area contributed by atoms with E-state index in [1.54, 1.807) is 0 Å². The van der Waals surface area contributed by atoms with Crippen LogP contribution in [0.15, 0.2) is 0 Å². The van der Waals surface area contributed by atoms with Crippen LogP contribution in [0.2, 0.25) is 0 Å². The summed E-state index contributed by atoms with van der Waals surface area (Å²) in [6.45, 7) is 5.75. The highest BCUT2D eigenvalue weighted by Crippen LogP contribution is 2.14. The maximum atomic E-state index is 10.6. The number of carboxylic acids is 1. The second-order valence-corrected chi connectivity index (χ2v) is 4.96. The number of carbonyl (C=O) groups is 1. The van der Waals surface area contributed by atoms with Crippen molar-refractivity contribution in [1.29, 1.82) is 0 Å². The van der Waals surface area contributed by atoms with Crippen LogP contribution in [-0.4, -0.2) is 72.9 Å². The van der Waals surface area contributed by atoms with E-state index in [1.807, 2.05) is 4.90 Å². The highest BCUT2D eigenvalue weighted by molar-refractivity contribution is 5.69. The Kier molecular flexibility index (Phi) is 4.76. The molecular formula is C12H22N2O3. The topological polar surface area (TPSA) is 53.0 Å². The molecule has 0 bridgehead atoms. The SMILES string of the molecule is O=C(O)CN1CCN(CC2CCCCO2)CC1. The average molecular weight is 242 g/mol. The fourth-order valence-electron chi connectivity index (χ4n) is 2.56. The summed E-state index contributed by atoms with van der Waals surface area (Å²) < 4.78 is 5.72. The molecule has 2 rings (SSSR count). The molecule has 5 nitrogen and oxygen atoms in total. The summed E-state index contributed by atoms with van der Waals surface area (Å²) in [5.74, 6) is -0.728. The van der Waals surface area contributed by atoms with E-state index in [0.717, 1.165) is 39.3 Å². The minimum Gasteiger partial charge on any atom is -0.480 e. The van der Waals surface area contributed by atoms with Crippen molar-refractivity contribution < 1.29 is 14.6 Å². The lowest BCUT2D eigenvalue weighted by molar-refractivity contribution is -0.138. The Hall–Kier alpha value is -0.650. The molecule has 0 saturated carbocycles. The van der Waals surface area contributed by atoms with Crippen LogP contribution in [-0.2, 0) is 9.53 Å². The highest BCUT2D eigenvalue weighted by atomic mass is 16.5. The molecule has 2 aliphatic rings. The van der Waals surface area contributed by atoms with Crippen molar-refractivity contribution in [2.24, 2.45) is 0 Å². The van der Waals surface area contributed by atoms with Crippen LogP contribution in [0.5, 0.6) is 0 Å². The van der Waals surface area contributed by atoms with Gasteiger partial charge in [-0.25, -0.2) is 0 Å². The molecule has 0 aromatic carbocycles. The van der Waals surface area contributed by atoms with Crippen molar-refractivity contribution in [1.82, 2.24) is 9.80 Å². The second-order valence-electron chi connectivity index (χ2n) is 4.96. The van der Waals surface area contributed by atoms with E-state index in [1.165, 1.54) is 19.3 Å². The van der Waals surface area contributed by atoms with Gasteiger partial charge in [-0.2, -0.15) is 0 Å². The van der Waals surface area contributed by atoms with Crippen molar-refractivity contribution in [3.8, 4) is 0 Å². The summed E-state index contributed by atoms with van der Waals surface area (Å²) in [6, 6.07) is 0. The molecule has 0 aromatic heterocycles. The number of aliphatic carboxylic acids is 1. The Balaban J connectivity index is 1.66. The van der Waals surface area contributed by atoms with E-state index in [2.05, 4.69) is 4.90 Å². The van der Waals surface area contributed by atoms with Crippen LogP contribution in [0.4, 0.5) is 0 Å². The van der Waals surface area contributed by atoms with Crippen LogP contribution in [0.25, 0.3) is 0 Å². The first kappa shape index (κ1) is 12.8. The summed E-state index contributed by atoms with van der Waals surface area (Å²) in [5, 5.41) is 8.72. The lowest BCUT2D eigenvalue weighted by atomic mass is 10.1. The minimum absolute atomic E-state index is 0.174. The number of ether oxygens (including phenoxy) is 1. The molecule has 0 aliphatic carbocycles. The summed E-state index contributed by atoms with van der Waals surface area (Å²) in [5.41, 5.74) is 0. The Morgan fingerprint density at radius 2 is 1.88 bits per heavy atom. The average Bonchev–Trinajstić information content (AvgIpc) is 2.32. The first-order valence-electron chi connectivity index (χ1n) is 6.52. The van der Waals surface area contributed by atoms with Gasteiger partial charge in [0.15, 0.2) is 0 Å². The van der Waals surface area contributed by atoms with Gasteiger partial charge in [0, 0.05) is 39.3 Å². The van der Waals surface area contributed by atoms with Crippen molar-refractivity contribution in [3.63, 3.8) is 0 Å². The number of piperazine rings is 1. The van der Waals surface area contributed by atoms with Gasteiger partial charge >= 0.3 is 5.97 Å². The van der Waals surface area contributed by atoms with Gasteiger partial charge in [0.05, 0.1) is 12.6 Å². The van der Waals surface area contributed by atoms with Crippen LogP contribution >= 0.6 is 0 Å². The Morgan fingerprint density at radius 3 is 2.47 bits per heavy atom. The molecule has 2 aliphatic heterocycles. The summed E-state index contributed by atoms with van der Waals surface area (Å²) in [7, 11) is 0. The van der Waals surface area contributed by atoms with Crippen molar-refractivity contribution in [2.75, 3.05) is 45.9 Å². The first-order valence-corrected chi connectivity index (χ1v) is 6.52. The third-order valence-corrected chi connectivity index (χ3v) is 3.56. The maximum absolute atomic E-state index is 10.6. The number of carboxylic acid groups (broad SMARTS) is 1. The molecule has 0 aromatic rings. The molecule has 0 radical (unpaired) electrons. The molecule has 2 saturated heterocycles. The quantitative estimate of drug-likeness (QED) is 0.766. The summed E-state index contributed by atoms with van der Waals surface area (Å²) in [6.07, 6.45) is 4.05. The minimum atomic E-state index is -0.728. The van der Waals surface area contributed by atoms with Crippen LogP contribution in [0, 0.1) is 0 Å². The summed E-state index contributed by atoms with van der Waals surface area (Å²) in [4.78, 5) is 15.0. The number of hydrogen-bond donors (Lipinski definition) is 1. The molecule has 1 unspecified atom stereocenters. The van der Waals surface area contributed by atoms with Gasteiger partial charge in [-0.15, -0.1) is 0 Å². The van der Waals surface area contributed by atoms with Gasteiger partial charge in [0.1, 0.15) is 0 Å². The highest BCUT2D eigenvalue weighted by Gasteiger charge is 2.22. The smallest absolute Gasteiger partial charge is 0.317 e. The Labute approximate surface area is 102 Å². The standard InChI is InChI=1S/C12H22N2O3/c15-12(16)10-14-6-4-13(5-7-14)9-11-3-1-2-8-17-11/h11H,1-10H2,(H,15,16). The third-order valence-electron chi connectivity index (χ3n) is 3.56. The molecular weight excluding hydrogens is 220 g/mol. The van der Waals surface area contributed by atoms with E-state index in [4.69, 9.17) is 9.84 Å². The fourth-order valence-corrected chi connectivity index (χ4v) is 2.56. The van der Waals surface area contributed by atoms with E-state index in [9.17, 15) is 4.79 Å². The van der Waals surface area contributed by atoms with E-state index >= 15 is 0 Å². The second kappa shape index (κ2) is 6.33. The zero-order chi connectivity index (χ0) is 12.1. The predicted octanol–water partition coefficient (Wildman–Crippen LogP) is 0.258. The monoisotopic (exact) mass is 242 g/mol. The third kappa shape index (κ3) is 4.26. The zero-order valence-electron chi connectivity index (χ0n) is 10.3. The van der Waals surface area contributed by atoms with Gasteiger partial charge in [0.2, 0.25) is 0 Å². The van der Waals surface area contributed by atoms with Crippen molar-refractivity contribution >= 4 is 5.97 Å². The molecule has 0 spiro atoms. The van der Waals surface area contributed by atoms with E-state index < -0.39 is 5.97 Å². The van der Waals surface area contributed by atoms with Crippen molar-refractivity contribution in [3.05, 3.63) is 0 Å². The van der Waals surface area contributed by atoms with Gasteiger partial charge in [-0.1, -0.05) is 0 Å². The molecule has 2 heterocycles. The van der Waals surface area contributed by atoms with E-state index in [-0.39, 0.29) is 6.54 Å². The van der Waals surface area contributed by atoms with Gasteiger partial charge in [0.25, 0.3) is 0 Å². The van der Waals surface area contributed by atoms with Gasteiger partial charge < -0.3 is 9.84 Å². The number of rotatable bonds is 4. The summed E-state index contributed by atoms with van der Waals surface area (Å²) >= 11 is 0. The number of nitrogens with zero attached hydrogens (tertiary/aromatic N) is 2. The fraction of sp³-hybridized carbons (Fsp3) is 0.917. The predicted molar refractivity (Wildman–Crippen MR) is 64.1 cm³/mol. The van der Waals surface area contributed by atoms with Crippen molar-refractivity contribution in [2.45, 2.75) is 25.4 Å². The van der Waals surface area contributed by atoms with Crippen LogP contribution in [0.3, 0.4) is 0 Å². The van der Waals surface area contributed by atoms with E-state index in [0.29, 0.717) is 6.10 Å². The molecule has 98 valence electrons. The number of hydrogen-bond acceptors (Lipinski definition) is 4. The Morgan fingerprint density at radius 1 is 1.18 bits per heavy atom. The molecule has 17 heavy (non-hydrogen) atoms. The van der Waals surface area contributed by atoms with Gasteiger partial charge in [-0.3, -0.25) is 14.6 Å². The van der Waals surface area contributed by atoms with Crippen LogP contribution in [0.1, 0.15) is 19.3 Å². The zero-order valence-corrected chi connectivity index (χ0v) is 10.3. The normalized spacial score (nSPS) is 28.1. The first-order chi connectivity index (χ1) is 8.24. The van der Waals surface area contributed by atoms with Crippen LogP contribution < -0.4 is 0 Å². The lowest BCUT2D eigenvalue weighted by Crippen LogP contribution is -2.50. The maximum Gasteiger partial charge on any atom is 0.317 e. The molecule has 1 atom stereocenters. The molecule has 2 fully saturated rings. The van der Waals surface area contributed by atoms with Gasteiger partial charge in [-0.05, 0) is 19.3 Å².